The minimum absolute atomic E-state index is 0. The molecule has 0 radical (unpaired) electrons. The third kappa shape index (κ3) is 2.27. The van der Waals surface area contributed by atoms with Crippen LogP contribution in [0.4, 0.5) is 5.13 Å². The van der Waals surface area contributed by atoms with E-state index in [4.69, 9.17) is 5.73 Å². The van der Waals surface area contributed by atoms with Gasteiger partial charge in [-0.2, -0.15) is 0 Å². The van der Waals surface area contributed by atoms with Crippen molar-refractivity contribution in [3.63, 3.8) is 0 Å². The molecule has 2 saturated carbocycles. The first kappa shape index (κ1) is 13.8. The van der Waals surface area contributed by atoms with Crippen molar-refractivity contribution in [2.75, 3.05) is 5.32 Å². The Hall–Kier alpha value is -0.650. The summed E-state index contributed by atoms with van der Waals surface area (Å²) < 4.78 is 0. The van der Waals surface area contributed by atoms with Crippen LogP contribution in [0, 0.1) is 24.7 Å². The zero-order chi connectivity index (χ0) is 12.0. The zero-order valence-corrected chi connectivity index (χ0v) is 11.9. The van der Waals surface area contributed by atoms with Crippen LogP contribution in [0.15, 0.2) is 6.20 Å². The number of rotatable bonds is 2. The molecule has 1 aromatic heterocycles. The second-order valence-corrected chi connectivity index (χ2v) is 6.44. The van der Waals surface area contributed by atoms with E-state index < -0.39 is 0 Å². The van der Waals surface area contributed by atoms with E-state index in [1.54, 1.807) is 6.20 Å². The van der Waals surface area contributed by atoms with Crippen LogP contribution in [0.5, 0.6) is 0 Å². The van der Waals surface area contributed by atoms with Gasteiger partial charge in [0.25, 0.3) is 0 Å². The van der Waals surface area contributed by atoms with E-state index in [2.05, 4.69) is 10.3 Å². The fraction of sp³-hybridized carbons (Fsp3) is 0.667. The van der Waals surface area contributed by atoms with E-state index in [0.717, 1.165) is 17.7 Å². The van der Waals surface area contributed by atoms with Crippen LogP contribution in [-0.4, -0.2) is 16.9 Å². The van der Waals surface area contributed by atoms with Gasteiger partial charge in [0.1, 0.15) is 0 Å². The van der Waals surface area contributed by atoms with Crippen molar-refractivity contribution in [1.82, 2.24) is 4.98 Å². The highest BCUT2D eigenvalue weighted by molar-refractivity contribution is 7.15. The van der Waals surface area contributed by atoms with Crippen LogP contribution < -0.4 is 11.1 Å². The van der Waals surface area contributed by atoms with Gasteiger partial charge < -0.3 is 11.1 Å². The largest absolute Gasteiger partial charge is 0.327 e. The molecule has 4 unspecified atom stereocenters. The summed E-state index contributed by atoms with van der Waals surface area (Å²) in [6.07, 6.45) is 5.27. The van der Waals surface area contributed by atoms with Crippen LogP contribution in [0.25, 0.3) is 0 Å². The summed E-state index contributed by atoms with van der Waals surface area (Å²) >= 11 is 1.51. The molecule has 2 aliphatic rings. The maximum atomic E-state index is 12.2. The Kier molecular flexibility index (Phi) is 3.94. The van der Waals surface area contributed by atoms with E-state index in [9.17, 15) is 4.79 Å². The molecule has 4 nitrogen and oxygen atoms in total. The number of aryl methyl sites for hydroxylation is 1. The second-order valence-electron chi connectivity index (χ2n) is 5.20. The number of aromatic nitrogens is 1. The minimum atomic E-state index is -0.00189. The van der Waals surface area contributed by atoms with E-state index in [0.29, 0.717) is 17.0 Å². The number of nitrogens with zero attached hydrogens (tertiary/aromatic N) is 1. The number of amides is 1. The van der Waals surface area contributed by atoms with Crippen LogP contribution >= 0.6 is 23.7 Å². The second kappa shape index (κ2) is 5.15. The lowest BCUT2D eigenvalue weighted by Gasteiger charge is -2.26. The fourth-order valence-corrected chi connectivity index (χ4v) is 3.99. The van der Waals surface area contributed by atoms with E-state index >= 15 is 0 Å². The number of halogens is 1. The standard InChI is InChI=1S/C12H17N3OS.ClH/c1-6-5-14-12(17-6)15-11(16)9-7-2-3-8(4-7)10(9)13;/h5,7-10H,2-4,13H2,1H3,(H,14,15,16);1H. The number of thiazole rings is 1. The predicted octanol–water partition coefficient (Wildman–Crippen LogP) is 2.19. The maximum Gasteiger partial charge on any atom is 0.231 e. The highest BCUT2D eigenvalue weighted by atomic mass is 35.5. The lowest BCUT2D eigenvalue weighted by Crippen LogP contribution is -2.42. The lowest BCUT2D eigenvalue weighted by molar-refractivity contribution is -0.121. The Morgan fingerprint density at radius 1 is 1.50 bits per heavy atom. The number of hydrogen-bond donors (Lipinski definition) is 2. The first-order valence-corrected chi connectivity index (χ1v) is 6.95. The van der Waals surface area contributed by atoms with E-state index in [-0.39, 0.29) is 30.3 Å². The van der Waals surface area contributed by atoms with Gasteiger partial charge in [-0.15, -0.1) is 23.7 Å². The van der Waals surface area contributed by atoms with Gasteiger partial charge in [0.2, 0.25) is 5.91 Å². The minimum Gasteiger partial charge on any atom is -0.327 e. The first-order chi connectivity index (χ1) is 8.15. The number of carbonyl (C=O) groups is 1. The summed E-state index contributed by atoms with van der Waals surface area (Å²) in [5, 5.41) is 3.61. The number of hydrogen-bond acceptors (Lipinski definition) is 4. The summed E-state index contributed by atoms with van der Waals surface area (Å²) in [4.78, 5) is 17.5. The monoisotopic (exact) mass is 287 g/mol. The molecule has 0 aliphatic heterocycles. The van der Waals surface area contributed by atoms with Crippen molar-refractivity contribution in [1.29, 1.82) is 0 Å². The number of carbonyl (C=O) groups excluding carboxylic acids is 1. The average Bonchev–Trinajstić information content (AvgIpc) is 2.94. The number of fused-ring (bicyclic) bond motifs is 2. The summed E-state index contributed by atoms with van der Waals surface area (Å²) in [6, 6.07) is 0.0507. The van der Waals surface area contributed by atoms with Crippen LogP contribution in [0.1, 0.15) is 24.1 Å². The van der Waals surface area contributed by atoms with Crippen molar-refractivity contribution in [3.05, 3.63) is 11.1 Å². The molecular formula is C12H18ClN3OS. The van der Waals surface area contributed by atoms with E-state index in [1.807, 2.05) is 6.92 Å². The molecule has 1 amide bonds. The van der Waals surface area contributed by atoms with E-state index in [1.165, 1.54) is 17.8 Å². The third-order valence-electron chi connectivity index (χ3n) is 4.13. The number of nitrogens with two attached hydrogens (primary N) is 1. The first-order valence-electron chi connectivity index (χ1n) is 6.14. The van der Waals surface area contributed by atoms with Crippen LogP contribution in [-0.2, 0) is 4.79 Å². The topological polar surface area (TPSA) is 68.0 Å². The molecule has 1 heterocycles. The Balaban J connectivity index is 0.00000120. The van der Waals surface area contributed by atoms with Gasteiger partial charge in [-0.3, -0.25) is 4.79 Å². The molecule has 0 aromatic carbocycles. The van der Waals surface area contributed by atoms with Gasteiger partial charge in [-0.05, 0) is 38.0 Å². The molecular weight excluding hydrogens is 270 g/mol. The summed E-state index contributed by atoms with van der Waals surface area (Å²) in [7, 11) is 0. The van der Waals surface area contributed by atoms with Crippen LogP contribution in [0.2, 0.25) is 0 Å². The summed E-state index contributed by atoms with van der Waals surface area (Å²) in [5.74, 6) is 1.13. The Morgan fingerprint density at radius 2 is 2.22 bits per heavy atom. The molecule has 100 valence electrons. The zero-order valence-electron chi connectivity index (χ0n) is 10.3. The molecule has 0 saturated heterocycles. The van der Waals surface area contributed by atoms with Gasteiger partial charge in [0.05, 0.1) is 5.92 Å². The van der Waals surface area contributed by atoms with Crippen molar-refractivity contribution in [2.24, 2.45) is 23.5 Å². The average molecular weight is 288 g/mol. The molecule has 2 bridgehead atoms. The number of nitrogens with one attached hydrogen (secondary N) is 1. The van der Waals surface area contributed by atoms with Crippen molar-refractivity contribution in [2.45, 2.75) is 32.2 Å². The lowest BCUT2D eigenvalue weighted by atomic mass is 9.84. The highest BCUT2D eigenvalue weighted by Crippen LogP contribution is 2.47. The van der Waals surface area contributed by atoms with Crippen molar-refractivity contribution >= 4 is 34.8 Å². The van der Waals surface area contributed by atoms with Crippen molar-refractivity contribution < 1.29 is 4.79 Å². The van der Waals surface area contributed by atoms with Gasteiger partial charge in [0.15, 0.2) is 5.13 Å². The van der Waals surface area contributed by atoms with Gasteiger partial charge in [-0.1, -0.05) is 0 Å². The van der Waals surface area contributed by atoms with Crippen LogP contribution in [0.3, 0.4) is 0 Å². The third-order valence-corrected chi connectivity index (χ3v) is 4.96. The molecule has 4 atom stereocenters. The highest BCUT2D eigenvalue weighted by Gasteiger charge is 2.49. The molecule has 3 rings (SSSR count). The Morgan fingerprint density at radius 3 is 2.78 bits per heavy atom. The van der Waals surface area contributed by atoms with Gasteiger partial charge in [0, 0.05) is 17.1 Å². The normalized spacial score (nSPS) is 33.2. The van der Waals surface area contributed by atoms with Gasteiger partial charge in [-0.25, -0.2) is 4.98 Å². The SMILES string of the molecule is Cc1cnc(NC(=O)C2C3CCC(C3)C2N)s1.Cl. The smallest absolute Gasteiger partial charge is 0.231 e. The Bertz CT molecular complexity index is 448. The van der Waals surface area contributed by atoms with Gasteiger partial charge >= 0.3 is 0 Å². The molecule has 2 aliphatic carbocycles. The molecule has 18 heavy (non-hydrogen) atoms. The number of anilines is 1. The maximum absolute atomic E-state index is 12.2. The molecule has 1 aromatic rings. The predicted molar refractivity (Wildman–Crippen MR) is 75.0 cm³/mol. The molecule has 3 N–H and O–H groups in total. The molecule has 2 fully saturated rings. The van der Waals surface area contributed by atoms with Crippen molar-refractivity contribution in [3.8, 4) is 0 Å². The molecule has 0 spiro atoms. The summed E-state index contributed by atoms with van der Waals surface area (Å²) in [6.45, 7) is 1.98. The Labute approximate surface area is 117 Å². The quantitative estimate of drug-likeness (QED) is 0.876. The fourth-order valence-electron chi connectivity index (χ4n) is 3.33. The summed E-state index contributed by atoms with van der Waals surface area (Å²) in [5.41, 5.74) is 6.15. The molecule has 6 heteroatoms.